The van der Waals surface area contributed by atoms with Gasteiger partial charge in [0.2, 0.25) is 0 Å². The van der Waals surface area contributed by atoms with E-state index in [1.807, 2.05) is 20.8 Å². The molecular weight excluding hydrogens is 259 g/mol. The second-order valence-corrected chi connectivity index (χ2v) is 4.79. The van der Waals surface area contributed by atoms with E-state index in [0.717, 1.165) is 12.6 Å². The molecule has 20 heavy (non-hydrogen) atoms. The normalized spacial score (nSPS) is 15.4. The average Bonchev–Trinajstić information content (AvgIpc) is 2.45. The Balaban J connectivity index is 3.22. The van der Waals surface area contributed by atoms with E-state index in [0.29, 0.717) is 18.7 Å². The summed E-state index contributed by atoms with van der Waals surface area (Å²) >= 11 is 0. The van der Waals surface area contributed by atoms with Crippen LogP contribution in [0.2, 0.25) is 0 Å². The summed E-state index contributed by atoms with van der Waals surface area (Å²) in [5, 5.41) is 3.29. The third-order valence-corrected chi connectivity index (χ3v) is 3.42. The maximum Gasteiger partial charge on any atom is 0.332 e. The second-order valence-electron chi connectivity index (χ2n) is 4.79. The minimum Gasteiger partial charge on any atom is -0.464 e. The molecule has 0 radical (unpaired) electrons. The molecule has 5 heteroatoms. The second kappa shape index (κ2) is 7.33. The van der Waals surface area contributed by atoms with Gasteiger partial charge >= 0.3 is 5.97 Å². The van der Waals surface area contributed by atoms with Crippen molar-refractivity contribution in [3.05, 3.63) is 29.8 Å². The number of ether oxygens (including phenoxy) is 1. The zero-order valence-electron chi connectivity index (χ0n) is 12.6. The Morgan fingerprint density at radius 1 is 1.45 bits per heavy atom. The largest absolute Gasteiger partial charge is 0.464 e. The van der Waals surface area contributed by atoms with Crippen LogP contribution in [0, 0.1) is 5.82 Å². The van der Waals surface area contributed by atoms with Gasteiger partial charge < -0.3 is 4.74 Å². The lowest BCUT2D eigenvalue weighted by Gasteiger charge is -2.33. The van der Waals surface area contributed by atoms with E-state index in [1.54, 1.807) is 6.92 Å². The fourth-order valence-corrected chi connectivity index (χ4v) is 2.07. The van der Waals surface area contributed by atoms with E-state index < -0.39 is 11.4 Å². The van der Waals surface area contributed by atoms with E-state index in [-0.39, 0.29) is 12.0 Å². The van der Waals surface area contributed by atoms with Gasteiger partial charge in [-0.25, -0.2) is 9.18 Å². The van der Waals surface area contributed by atoms with Gasteiger partial charge in [-0.2, -0.15) is 0 Å². The molecule has 1 aromatic heterocycles. The molecule has 0 aliphatic heterocycles. The van der Waals surface area contributed by atoms with Crippen molar-refractivity contribution in [3.63, 3.8) is 0 Å². The van der Waals surface area contributed by atoms with Crippen LogP contribution in [0.25, 0.3) is 0 Å². The van der Waals surface area contributed by atoms with E-state index >= 15 is 0 Å². The lowest BCUT2D eigenvalue weighted by Crippen LogP contribution is -2.53. The van der Waals surface area contributed by atoms with Gasteiger partial charge in [-0.15, -0.1) is 0 Å². The molecule has 2 atom stereocenters. The van der Waals surface area contributed by atoms with E-state index in [9.17, 15) is 9.18 Å². The van der Waals surface area contributed by atoms with Gasteiger partial charge in [0, 0.05) is 6.04 Å². The van der Waals surface area contributed by atoms with Crippen LogP contribution in [0.15, 0.2) is 18.3 Å². The number of pyridine rings is 1. The number of esters is 1. The maximum absolute atomic E-state index is 13.1. The molecule has 0 saturated heterocycles. The molecule has 0 aliphatic carbocycles. The van der Waals surface area contributed by atoms with Crippen LogP contribution in [0.4, 0.5) is 4.39 Å². The Morgan fingerprint density at radius 3 is 2.60 bits per heavy atom. The number of halogens is 1. The van der Waals surface area contributed by atoms with Gasteiger partial charge in [-0.1, -0.05) is 13.8 Å². The monoisotopic (exact) mass is 282 g/mol. The van der Waals surface area contributed by atoms with Crippen molar-refractivity contribution in [2.75, 3.05) is 6.61 Å². The molecule has 112 valence electrons. The molecule has 0 fully saturated rings. The van der Waals surface area contributed by atoms with Gasteiger partial charge in [-0.05, 0) is 38.8 Å². The van der Waals surface area contributed by atoms with Gasteiger partial charge in [0.25, 0.3) is 0 Å². The molecule has 0 saturated carbocycles. The van der Waals surface area contributed by atoms with E-state index in [4.69, 9.17) is 4.74 Å². The first-order valence-corrected chi connectivity index (χ1v) is 7.07. The topological polar surface area (TPSA) is 51.2 Å². The standard InChI is InChI=1S/C15H23FN2O2/c1-5-11(4)18-15(6-2,14(19)20-7-3)13-9-8-12(16)10-17-13/h8-11,18H,5-7H2,1-4H3. The molecule has 1 N–H and O–H groups in total. The van der Waals surface area contributed by atoms with Crippen LogP contribution < -0.4 is 5.32 Å². The lowest BCUT2D eigenvalue weighted by atomic mass is 9.90. The third-order valence-electron chi connectivity index (χ3n) is 3.42. The Labute approximate surface area is 119 Å². The summed E-state index contributed by atoms with van der Waals surface area (Å²) in [5.41, 5.74) is -0.542. The zero-order valence-corrected chi connectivity index (χ0v) is 12.6. The molecule has 0 aliphatic rings. The molecule has 0 spiro atoms. The van der Waals surface area contributed by atoms with Crippen molar-refractivity contribution < 1.29 is 13.9 Å². The SMILES string of the molecule is CCOC(=O)C(CC)(NC(C)CC)c1ccc(F)cn1. The van der Waals surface area contributed by atoms with Gasteiger partial charge in [0.05, 0.1) is 18.5 Å². The Kier molecular flexibility index (Phi) is 6.07. The molecule has 1 heterocycles. The number of carbonyl (C=O) groups is 1. The highest BCUT2D eigenvalue weighted by atomic mass is 19.1. The molecule has 0 bridgehead atoms. The van der Waals surface area contributed by atoms with Crippen LogP contribution in [-0.2, 0) is 15.1 Å². The Bertz CT molecular complexity index is 436. The Morgan fingerprint density at radius 2 is 2.15 bits per heavy atom. The molecule has 1 rings (SSSR count). The summed E-state index contributed by atoms with van der Waals surface area (Å²) < 4.78 is 18.3. The minimum atomic E-state index is -1.03. The maximum atomic E-state index is 13.1. The van der Waals surface area contributed by atoms with Crippen LogP contribution in [0.3, 0.4) is 0 Å². The van der Waals surface area contributed by atoms with Crippen LogP contribution in [0.5, 0.6) is 0 Å². The van der Waals surface area contributed by atoms with Gasteiger partial charge in [0.1, 0.15) is 5.82 Å². The van der Waals surface area contributed by atoms with E-state index in [1.165, 1.54) is 12.1 Å². The zero-order chi connectivity index (χ0) is 15.2. The quantitative estimate of drug-likeness (QED) is 0.781. The van der Waals surface area contributed by atoms with E-state index in [2.05, 4.69) is 10.3 Å². The minimum absolute atomic E-state index is 0.117. The van der Waals surface area contributed by atoms with Crippen molar-refractivity contribution in [2.45, 2.75) is 52.1 Å². The molecule has 0 amide bonds. The highest BCUT2D eigenvalue weighted by Gasteiger charge is 2.42. The lowest BCUT2D eigenvalue weighted by molar-refractivity contribution is -0.152. The number of rotatable bonds is 7. The third kappa shape index (κ3) is 3.54. The highest BCUT2D eigenvalue weighted by Crippen LogP contribution is 2.26. The van der Waals surface area contributed by atoms with Crippen molar-refractivity contribution in [1.29, 1.82) is 0 Å². The van der Waals surface area contributed by atoms with Crippen LogP contribution >= 0.6 is 0 Å². The van der Waals surface area contributed by atoms with Crippen molar-refractivity contribution in [3.8, 4) is 0 Å². The highest BCUT2D eigenvalue weighted by molar-refractivity contribution is 5.82. The smallest absolute Gasteiger partial charge is 0.332 e. The summed E-state index contributed by atoms with van der Waals surface area (Å²) in [6, 6.07) is 2.96. The predicted octanol–water partition coefficient (Wildman–Crippen LogP) is 2.78. The fourth-order valence-electron chi connectivity index (χ4n) is 2.07. The fraction of sp³-hybridized carbons (Fsp3) is 0.600. The van der Waals surface area contributed by atoms with Gasteiger partial charge in [0.15, 0.2) is 5.54 Å². The molecule has 0 aromatic carbocycles. The summed E-state index contributed by atoms with van der Waals surface area (Å²) in [7, 11) is 0. The van der Waals surface area contributed by atoms with Crippen molar-refractivity contribution >= 4 is 5.97 Å². The van der Waals surface area contributed by atoms with Crippen molar-refractivity contribution in [1.82, 2.24) is 10.3 Å². The summed E-state index contributed by atoms with van der Waals surface area (Å²) in [5.74, 6) is -0.798. The predicted molar refractivity (Wildman–Crippen MR) is 75.7 cm³/mol. The molecule has 2 unspecified atom stereocenters. The summed E-state index contributed by atoms with van der Waals surface area (Å²) in [4.78, 5) is 16.5. The first-order chi connectivity index (χ1) is 9.50. The first kappa shape index (κ1) is 16.6. The summed E-state index contributed by atoms with van der Waals surface area (Å²) in [6.07, 6.45) is 2.47. The number of nitrogens with zero attached hydrogens (tertiary/aromatic N) is 1. The van der Waals surface area contributed by atoms with Gasteiger partial charge in [-0.3, -0.25) is 10.3 Å². The number of hydrogen-bond acceptors (Lipinski definition) is 4. The average molecular weight is 282 g/mol. The van der Waals surface area contributed by atoms with Crippen LogP contribution in [0.1, 0.15) is 46.2 Å². The Hall–Kier alpha value is -1.49. The number of hydrogen-bond donors (Lipinski definition) is 1. The summed E-state index contributed by atoms with van der Waals surface area (Å²) in [6.45, 7) is 7.97. The molecular formula is C15H23FN2O2. The first-order valence-electron chi connectivity index (χ1n) is 7.07. The molecule has 4 nitrogen and oxygen atoms in total. The number of carbonyl (C=O) groups excluding carboxylic acids is 1. The number of nitrogens with one attached hydrogen (secondary N) is 1. The number of aromatic nitrogens is 1. The van der Waals surface area contributed by atoms with Crippen LogP contribution in [-0.4, -0.2) is 23.6 Å². The molecule has 1 aromatic rings. The van der Waals surface area contributed by atoms with Crippen molar-refractivity contribution in [2.24, 2.45) is 0 Å².